The van der Waals surface area contributed by atoms with Crippen molar-refractivity contribution in [3.8, 4) is 0 Å². The van der Waals surface area contributed by atoms with Crippen molar-refractivity contribution in [2.45, 2.75) is 18.6 Å². The number of hydrogen-bond acceptors (Lipinski definition) is 4. The molecule has 0 amide bonds. The lowest BCUT2D eigenvalue weighted by Gasteiger charge is -2.17. The molecule has 4 atom stereocenters. The molecule has 0 spiro atoms. The third-order valence-electron chi connectivity index (χ3n) is 1.80. The summed E-state index contributed by atoms with van der Waals surface area (Å²) in [4.78, 5) is 0. The molecule has 0 saturated carbocycles. The Morgan fingerprint density at radius 1 is 1.85 bits per heavy atom. The Labute approximate surface area is 84.9 Å². The van der Waals surface area contributed by atoms with E-state index < -0.39 is 13.2 Å². The minimum atomic E-state index is -2.78. The maximum atomic E-state index is 11.1. The highest BCUT2D eigenvalue weighted by atomic mass is 32.7. The van der Waals surface area contributed by atoms with Gasteiger partial charge in [0.25, 0.3) is 6.57 Å². The first-order valence-corrected chi connectivity index (χ1v) is 7.20. The van der Waals surface area contributed by atoms with Crippen molar-refractivity contribution in [2.75, 3.05) is 27.0 Å². The Bertz CT molecular complexity index is 234. The zero-order valence-electron chi connectivity index (χ0n) is 8.67. The summed E-state index contributed by atoms with van der Waals surface area (Å²) < 4.78 is 33.9. The fourth-order valence-electron chi connectivity index (χ4n) is 1.12. The van der Waals surface area contributed by atoms with Crippen molar-refractivity contribution in [3.63, 3.8) is 0 Å². The van der Waals surface area contributed by atoms with Crippen LogP contribution >= 0.6 is 18.8 Å². The lowest BCUT2D eigenvalue weighted by molar-refractivity contribution is -0.00741. The van der Waals surface area contributed by atoms with Crippen molar-refractivity contribution in [2.24, 2.45) is 0 Å². The molecule has 1 unspecified atom stereocenters. The number of methoxy groups -OCH3 is 1. The Morgan fingerprint density at radius 2 is 2.54 bits per heavy atom. The molecule has 78 valence electrons. The zero-order valence-corrected chi connectivity index (χ0v) is 9.46. The lowest BCUT2D eigenvalue weighted by atomic mass is 10.2. The second-order valence-electron chi connectivity index (χ2n) is 2.95. The second-order valence-corrected chi connectivity index (χ2v) is 6.99. The summed E-state index contributed by atoms with van der Waals surface area (Å²) in [6.07, 6.45) is 0.0470. The fraction of sp³-hybridized carbons (Fsp3) is 1.00. The normalized spacial score (nSPS) is 39.9. The van der Waals surface area contributed by atoms with Gasteiger partial charge in [0.2, 0.25) is 0 Å². The van der Waals surface area contributed by atoms with Crippen LogP contribution < -0.4 is 0 Å². The number of rotatable bonds is 4. The molecule has 0 bridgehead atoms. The first kappa shape index (κ1) is 9.99. The van der Waals surface area contributed by atoms with Crippen LogP contribution in [0, 0.1) is 0 Å². The molecule has 0 N–H and O–H groups in total. The molecule has 0 aromatic rings. The van der Waals surface area contributed by atoms with E-state index in [1.165, 1.54) is 6.66 Å². The van der Waals surface area contributed by atoms with Gasteiger partial charge in [0.1, 0.15) is 6.10 Å². The van der Waals surface area contributed by atoms with Gasteiger partial charge < -0.3 is 14.0 Å². The molecule has 6 heteroatoms. The monoisotopic (exact) mass is 228 g/mol. The van der Waals surface area contributed by atoms with Gasteiger partial charge in [-0.05, 0) is 6.42 Å². The summed E-state index contributed by atoms with van der Waals surface area (Å²) in [5.41, 5.74) is 0. The van der Waals surface area contributed by atoms with Crippen molar-refractivity contribution in [1.29, 1.82) is 0 Å². The summed E-state index contributed by atoms with van der Waals surface area (Å²) in [7, 11) is 1.56. The molecule has 0 aromatic carbocycles. The first-order valence-electron chi connectivity index (χ1n) is 4.55. The highest BCUT2D eigenvalue weighted by Gasteiger charge is 2.29. The average Bonchev–Trinajstić information content (AvgIpc) is 2.41. The minimum Gasteiger partial charge on any atom is -0.379 e. The second kappa shape index (κ2) is 4.80. The van der Waals surface area contributed by atoms with E-state index in [1.807, 2.05) is 0 Å². The zero-order chi connectivity index (χ0) is 10.8. The summed E-state index contributed by atoms with van der Waals surface area (Å²) in [6.45, 7) is -1.78. The highest BCUT2D eigenvalue weighted by molar-refractivity contribution is 8.46. The Hall–Kier alpha value is 0.460. The molecule has 4 nitrogen and oxygen atoms in total. The van der Waals surface area contributed by atoms with E-state index in [0.29, 0.717) is 6.42 Å². The van der Waals surface area contributed by atoms with Crippen LogP contribution in [0.1, 0.15) is 7.79 Å². The molecule has 13 heavy (non-hydrogen) atoms. The van der Waals surface area contributed by atoms with Crippen molar-refractivity contribution in [1.82, 2.24) is 0 Å². The molecular formula is C7H15O4PS. The fourth-order valence-corrected chi connectivity index (χ4v) is 1.74. The topological polar surface area (TPSA) is 44.8 Å². The summed E-state index contributed by atoms with van der Waals surface area (Å²) in [6, 6.07) is 0. The van der Waals surface area contributed by atoms with Gasteiger partial charge in [-0.1, -0.05) is 12.2 Å². The van der Waals surface area contributed by atoms with Gasteiger partial charge in [-0.3, -0.25) is 4.57 Å². The number of thiol groups is 1. The van der Waals surface area contributed by atoms with Crippen molar-refractivity contribution < 1.29 is 19.9 Å². The molecule has 0 aliphatic carbocycles. The summed E-state index contributed by atoms with van der Waals surface area (Å²) >= 11 is 3.80. The third kappa shape index (κ3) is 4.00. The largest absolute Gasteiger partial charge is 0.379 e. The van der Waals surface area contributed by atoms with Gasteiger partial charge in [0, 0.05) is 20.4 Å². The molecule has 1 rings (SSSR count). The minimum absolute atomic E-state index is 0.155. The maximum absolute atomic E-state index is 11.1. The van der Waals surface area contributed by atoms with Gasteiger partial charge in [0.05, 0.1) is 14.1 Å². The van der Waals surface area contributed by atoms with Crippen LogP contribution in [-0.4, -0.2) is 39.2 Å². The van der Waals surface area contributed by atoms with Crippen LogP contribution in [0.15, 0.2) is 0 Å². The van der Waals surface area contributed by atoms with Crippen LogP contribution in [0.5, 0.6) is 0 Å². The lowest BCUT2D eigenvalue weighted by Crippen LogP contribution is -2.27. The van der Waals surface area contributed by atoms with Crippen LogP contribution in [-0.2, 0) is 18.6 Å². The van der Waals surface area contributed by atoms with Crippen LogP contribution in [0.25, 0.3) is 0 Å². The van der Waals surface area contributed by atoms with Gasteiger partial charge in [-0.25, -0.2) is 0 Å². The molecule has 1 saturated heterocycles. The van der Waals surface area contributed by atoms with E-state index in [1.54, 1.807) is 7.11 Å². The van der Waals surface area contributed by atoms with Crippen molar-refractivity contribution in [3.05, 3.63) is 0 Å². The third-order valence-corrected chi connectivity index (χ3v) is 2.77. The smallest absolute Gasteiger partial charge is 0.251 e. The van der Waals surface area contributed by atoms with Gasteiger partial charge in [-0.2, -0.15) is 0 Å². The van der Waals surface area contributed by atoms with E-state index in [2.05, 4.69) is 12.2 Å². The van der Waals surface area contributed by atoms with E-state index in [-0.39, 0.29) is 18.8 Å². The molecule has 0 aromatic heterocycles. The molecule has 1 aliphatic heterocycles. The SMILES string of the molecule is [3H][C@H]1C[C@@H](OC)[C@@H](COP(C)(=O)S)O1. The standard InChI is InChI=1S/C7H15O4PS/c1-9-6-3-4-10-7(6)5-11-12(2,8)13/h6-7H,3-5H2,1-2H3,(H,8,13)/t6-,7-,12?/m1/s1/i4T/t4-,6+,7+,12?/m0. The van der Waals surface area contributed by atoms with E-state index >= 15 is 0 Å². The number of ether oxygens (including phenoxy) is 2. The first-order chi connectivity index (χ1) is 6.42. The van der Waals surface area contributed by atoms with Crippen LogP contribution in [0.2, 0.25) is 0 Å². The average molecular weight is 228 g/mol. The van der Waals surface area contributed by atoms with E-state index in [9.17, 15) is 4.57 Å². The van der Waals surface area contributed by atoms with Gasteiger partial charge in [0.15, 0.2) is 0 Å². The van der Waals surface area contributed by atoms with Crippen LogP contribution in [0.3, 0.4) is 0 Å². The summed E-state index contributed by atoms with van der Waals surface area (Å²) in [5.74, 6) is 0. The summed E-state index contributed by atoms with van der Waals surface area (Å²) in [5, 5.41) is 0. The van der Waals surface area contributed by atoms with Crippen LogP contribution in [0.4, 0.5) is 0 Å². The highest BCUT2D eigenvalue weighted by Crippen LogP contribution is 2.47. The van der Waals surface area contributed by atoms with Crippen molar-refractivity contribution >= 4 is 18.8 Å². The molecule has 0 radical (unpaired) electrons. The Kier molecular flexibility index (Phi) is 3.69. The van der Waals surface area contributed by atoms with E-state index in [4.69, 9.17) is 15.4 Å². The quantitative estimate of drug-likeness (QED) is 0.586. The Balaban J connectivity index is 2.40. The predicted octanol–water partition coefficient (Wildman–Crippen LogP) is 1.56. The Morgan fingerprint density at radius 3 is 3.08 bits per heavy atom. The van der Waals surface area contributed by atoms with Gasteiger partial charge in [-0.15, -0.1) is 0 Å². The maximum Gasteiger partial charge on any atom is 0.251 e. The molecule has 1 aliphatic rings. The molecular weight excluding hydrogens is 211 g/mol. The van der Waals surface area contributed by atoms with E-state index in [0.717, 1.165) is 0 Å². The molecule has 1 heterocycles. The molecule has 1 fully saturated rings. The van der Waals surface area contributed by atoms with Gasteiger partial charge >= 0.3 is 0 Å². The number of hydrogen-bond donors (Lipinski definition) is 1. The predicted molar refractivity (Wildman–Crippen MR) is 53.6 cm³/mol.